The van der Waals surface area contributed by atoms with Gasteiger partial charge in [-0.3, -0.25) is 0 Å². The molecule has 0 aliphatic heterocycles. The number of hydrogen-bond acceptors (Lipinski definition) is 2. The molecule has 0 saturated carbocycles. The van der Waals surface area contributed by atoms with Crippen molar-refractivity contribution in [3.63, 3.8) is 0 Å². The highest BCUT2D eigenvalue weighted by molar-refractivity contribution is 5.33. The van der Waals surface area contributed by atoms with Gasteiger partial charge in [0.25, 0.3) is 0 Å². The van der Waals surface area contributed by atoms with Crippen molar-refractivity contribution in [1.29, 1.82) is 0 Å². The summed E-state index contributed by atoms with van der Waals surface area (Å²) in [5, 5.41) is 8.66. The first-order valence-corrected chi connectivity index (χ1v) is 4.51. The maximum atomic E-state index is 12.6. The van der Waals surface area contributed by atoms with Crippen LogP contribution in [0.25, 0.3) is 0 Å². The average molecular weight is 238 g/mol. The van der Waals surface area contributed by atoms with Crippen LogP contribution in [0.15, 0.2) is 24.3 Å². The van der Waals surface area contributed by atoms with Crippen molar-refractivity contribution in [1.82, 2.24) is 0 Å². The molecule has 0 bridgehead atoms. The molecular formula is C10H10F4O2. The molecule has 0 atom stereocenters. The van der Waals surface area contributed by atoms with Gasteiger partial charge in [0.2, 0.25) is 0 Å². The third-order valence-corrected chi connectivity index (χ3v) is 1.85. The van der Waals surface area contributed by atoms with Gasteiger partial charge in [-0.2, -0.15) is 17.6 Å². The van der Waals surface area contributed by atoms with Crippen molar-refractivity contribution in [2.75, 3.05) is 6.61 Å². The van der Waals surface area contributed by atoms with Crippen molar-refractivity contribution < 1.29 is 27.4 Å². The Morgan fingerprint density at radius 2 is 1.88 bits per heavy atom. The van der Waals surface area contributed by atoms with Crippen LogP contribution in [0.3, 0.4) is 0 Å². The van der Waals surface area contributed by atoms with E-state index in [1.165, 1.54) is 12.1 Å². The Balaban J connectivity index is 2.88. The summed E-state index contributed by atoms with van der Waals surface area (Å²) < 4.78 is 53.0. The molecule has 0 saturated heterocycles. The van der Waals surface area contributed by atoms with Crippen LogP contribution in [-0.4, -0.2) is 24.2 Å². The molecule has 1 aromatic rings. The van der Waals surface area contributed by atoms with Crippen LogP contribution < -0.4 is 4.74 Å². The first-order chi connectivity index (χ1) is 7.47. The minimum absolute atomic E-state index is 0.0650. The molecule has 1 rings (SSSR count). The first-order valence-electron chi connectivity index (χ1n) is 4.51. The van der Waals surface area contributed by atoms with Gasteiger partial charge in [0.15, 0.2) is 0 Å². The fraction of sp³-hybridized carbons (Fsp3) is 0.400. The molecule has 0 aromatic heterocycles. The molecule has 2 nitrogen and oxygen atoms in total. The van der Waals surface area contributed by atoms with Gasteiger partial charge in [-0.25, -0.2) is 0 Å². The number of halogens is 4. The summed E-state index contributed by atoms with van der Waals surface area (Å²) in [5.74, 6) is -0.346. The quantitative estimate of drug-likeness (QED) is 0.798. The van der Waals surface area contributed by atoms with Gasteiger partial charge in [-0.15, -0.1) is 0 Å². The summed E-state index contributed by atoms with van der Waals surface area (Å²) in [6.45, 7) is -0.277. The van der Waals surface area contributed by atoms with E-state index in [1.807, 2.05) is 0 Å². The van der Waals surface area contributed by atoms with Crippen molar-refractivity contribution >= 4 is 0 Å². The maximum absolute atomic E-state index is 12.6. The van der Waals surface area contributed by atoms with Gasteiger partial charge in [-0.1, -0.05) is 18.2 Å². The lowest BCUT2D eigenvalue weighted by atomic mass is 10.1. The Morgan fingerprint density at radius 1 is 1.25 bits per heavy atom. The third-order valence-electron chi connectivity index (χ3n) is 1.85. The van der Waals surface area contributed by atoms with E-state index in [2.05, 4.69) is 4.74 Å². The molecule has 0 aliphatic rings. The zero-order valence-corrected chi connectivity index (χ0v) is 8.17. The van der Waals surface area contributed by atoms with Crippen LogP contribution in [-0.2, 0) is 6.42 Å². The van der Waals surface area contributed by atoms with E-state index in [0.29, 0.717) is 0 Å². The predicted octanol–water partition coefficient (Wildman–Crippen LogP) is 2.46. The Bertz CT molecular complexity index is 341. The molecule has 16 heavy (non-hydrogen) atoms. The Hall–Kier alpha value is -1.30. The monoisotopic (exact) mass is 238 g/mol. The number of benzene rings is 1. The normalized spacial score (nSPS) is 11.9. The molecular weight excluding hydrogens is 228 g/mol. The summed E-state index contributed by atoms with van der Waals surface area (Å²) in [6.07, 6.45) is -8.35. The predicted molar refractivity (Wildman–Crippen MR) is 48.8 cm³/mol. The lowest BCUT2D eigenvalue weighted by Crippen LogP contribution is -2.33. The second-order valence-electron chi connectivity index (χ2n) is 3.05. The minimum Gasteiger partial charge on any atom is -0.428 e. The molecule has 1 N–H and O–H groups in total. The van der Waals surface area contributed by atoms with Crippen LogP contribution in [0.5, 0.6) is 5.75 Å². The lowest BCUT2D eigenvalue weighted by Gasteiger charge is -2.18. The van der Waals surface area contributed by atoms with Crippen molar-refractivity contribution in [2.45, 2.75) is 19.0 Å². The molecule has 0 radical (unpaired) electrons. The number of ether oxygens (including phenoxy) is 1. The molecule has 0 aliphatic carbocycles. The topological polar surface area (TPSA) is 29.5 Å². The summed E-state index contributed by atoms with van der Waals surface area (Å²) in [5.41, 5.74) is 0.255. The molecule has 0 spiro atoms. The highest BCUT2D eigenvalue weighted by Crippen LogP contribution is 2.29. The van der Waals surface area contributed by atoms with Gasteiger partial charge in [0, 0.05) is 6.61 Å². The van der Waals surface area contributed by atoms with Crippen molar-refractivity contribution in [3.05, 3.63) is 29.8 Å². The number of hydrogen-bond donors (Lipinski definition) is 1. The summed E-state index contributed by atoms with van der Waals surface area (Å²) >= 11 is 0. The highest BCUT2D eigenvalue weighted by Gasteiger charge is 2.44. The first kappa shape index (κ1) is 12.8. The smallest absolute Gasteiger partial charge is 0.428 e. The number of para-hydroxylation sites is 1. The third kappa shape index (κ3) is 3.10. The van der Waals surface area contributed by atoms with Crippen LogP contribution in [0.2, 0.25) is 0 Å². The molecule has 0 unspecified atom stereocenters. The van der Waals surface area contributed by atoms with Gasteiger partial charge < -0.3 is 9.84 Å². The highest BCUT2D eigenvalue weighted by atomic mass is 19.3. The van der Waals surface area contributed by atoms with E-state index >= 15 is 0 Å². The Labute approximate surface area is 89.5 Å². The molecule has 0 amide bonds. The maximum Gasteiger partial charge on any atom is 0.461 e. The number of rotatable bonds is 5. The van der Waals surface area contributed by atoms with Gasteiger partial charge in [-0.05, 0) is 18.1 Å². The lowest BCUT2D eigenvalue weighted by molar-refractivity contribution is -0.253. The zero-order chi connectivity index (χ0) is 12.2. The summed E-state index contributed by atoms with van der Waals surface area (Å²) in [6, 6.07) is 5.50. The van der Waals surface area contributed by atoms with Gasteiger partial charge in [0.1, 0.15) is 5.75 Å². The van der Waals surface area contributed by atoms with E-state index < -0.39 is 12.5 Å². The van der Waals surface area contributed by atoms with Crippen LogP contribution in [0.1, 0.15) is 5.56 Å². The van der Waals surface area contributed by atoms with Crippen molar-refractivity contribution in [3.8, 4) is 5.75 Å². The van der Waals surface area contributed by atoms with E-state index in [0.717, 1.165) is 6.07 Å². The Morgan fingerprint density at radius 3 is 2.44 bits per heavy atom. The fourth-order valence-electron chi connectivity index (χ4n) is 1.12. The van der Waals surface area contributed by atoms with E-state index in [-0.39, 0.29) is 24.3 Å². The average Bonchev–Trinajstić information content (AvgIpc) is 2.20. The molecule has 0 fully saturated rings. The number of aliphatic hydroxyl groups is 1. The van der Waals surface area contributed by atoms with Crippen molar-refractivity contribution in [2.24, 2.45) is 0 Å². The summed E-state index contributed by atoms with van der Waals surface area (Å²) in [4.78, 5) is 0. The molecule has 90 valence electrons. The molecule has 1 aromatic carbocycles. The Kier molecular flexibility index (Phi) is 4.12. The second-order valence-corrected chi connectivity index (χ2v) is 3.05. The largest absolute Gasteiger partial charge is 0.461 e. The van der Waals surface area contributed by atoms with E-state index in [1.54, 1.807) is 6.07 Å². The van der Waals surface area contributed by atoms with E-state index in [9.17, 15) is 17.6 Å². The van der Waals surface area contributed by atoms with Crippen LogP contribution in [0.4, 0.5) is 17.6 Å². The number of aliphatic hydroxyl groups excluding tert-OH is 1. The number of alkyl halides is 4. The van der Waals surface area contributed by atoms with Gasteiger partial charge in [0.05, 0.1) is 0 Å². The van der Waals surface area contributed by atoms with E-state index in [4.69, 9.17) is 5.11 Å². The fourth-order valence-corrected chi connectivity index (χ4v) is 1.12. The molecule has 0 heterocycles. The standard InChI is InChI=1S/C10H10F4O2/c11-9(12)10(13,14)16-8-4-2-1-3-7(8)5-6-15/h1-4,9,15H,5-6H2. The van der Waals surface area contributed by atoms with Crippen LogP contribution in [0, 0.1) is 0 Å². The SMILES string of the molecule is OCCc1ccccc1OC(F)(F)C(F)F. The van der Waals surface area contributed by atoms with Gasteiger partial charge >= 0.3 is 12.5 Å². The second kappa shape index (κ2) is 5.16. The molecule has 6 heteroatoms. The van der Waals surface area contributed by atoms with Crippen LogP contribution >= 0.6 is 0 Å². The zero-order valence-electron chi connectivity index (χ0n) is 8.17. The minimum atomic E-state index is -4.52. The summed E-state index contributed by atoms with van der Waals surface area (Å²) in [7, 11) is 0.